The number of amides is 1. The summed E-state index contributed by atoms with van der Waals surface area (Å²) < 4.78 is 1.84. The van der Waals surface area contributed by atoms with Crippen molar-refractivity contribution in [3.8, 4) is 0 Å². The lowest BCUT2D eigenvalue weighted by atomic mass is 9.95. The van der Waals surface area contributed by atoms with Crippen LogP contribution in [0.3, 0.4) is 0 Å². The lowest BCUT2D eigenvalue weighted by molar-refractivity contribution is 0.0621. The largest absolute Gasteiger partial charge is 0.382 e. The molecule has 8 heteroatoms. The molecule has 30 heavy (non-hydrogen) atoms. The molecule has 2 aromatic heterocycles. The summed E-state index contributed by atoms with van der Waals surface area (Å²) in [5, 5.41) is 1.11. The molecule has 2 N–H and O–H groups in total. The molecule has 0 spiro atoms. The maximum atomic E-state index is 13.6. The SMILES string of the molecule is Nc1nc2cc(Cl)c(C(=O)N3CC[C@H]4C[C@@H]3c3ccc(Cl)cc34)cc2n2cncc12. The number of likely N-dealkylation sites (tertiary alicyclic amines) is 1. The first-order chi connectivity index (χ1) is 14.5. The van der Waals surface area contributed by atoms with E-state index in [-0.39, 0.29) is 11.9 Å². The van der Waals surface area contributed by atoms with E-state index in [2.05, 4.69) is 16.0 Å². The van der Waals surface area contributed by atoms with Gasteiger partial charge in [-0.1, -0.05) is 29.3 Å². The highest BCUT2D eigenvalue weighted by molar-refractivity contribution is 6.34. The van der Waals surface area contributed by atoms with Gasteiger partial charge in [0.1, 0.15) is 11.3 Å². The van der Waals surface area contributed by atoms with E-state index in [0.29, 0.717) is 39.9 Å². The quantitative estimate of drug-likeness (QED) is 0.461. The van der Waals surface area contributed by atoms with Gasteiger partial charge in [-0.2, -0.15) is 0 Å². The van der Waals surface area contributed by atoms with E-state index < -0.39 is 0 Å². The predicted octanol–water partition coefficient (Wildman–Crippen LogP) is 4.85. The lowest BCUT2D eigenvalue weighted by Crippen LogP contribution is -2.37. The van der Waals surface area contributed by atoms with Crippen molar-refractivity contribution in [1.82, 2.24) is 19.3 Å². The lowest BCUT2D eigenvalue weighted by Gasteiger charge is -2.34. The van der Waals surface area contributed by atoms with Crippen molar-refractivity contribution >= 4 is 51.5 Å². The molecule has 2 aromatic carbocycles. The van der Waals surface area contributed by atoms with Gasteiger partial charge in [0.25, 0.3) is 5.91 Å². The maximum absolute atomic E-state index is 13.6. The van der Waals surface area contributed by atoms with Crippen LogP contribution in [-0.4, -0.2) is 31.7 Å². The van der Waals surface area contributed by atoms with Crippen molar-refractivity contribution in [2.45, 2.75) is 24.8 Å². The number of fused-ring (bicyclic) bond motifs is 8. The van der Waals surface area contributed by atoms with Crippen LogP contribution >= 0.6 is 23.2 Å². The molecule has 2 atom stereocenters. The first-order valence-corrected chi connectivity index (χ1v) is 10.6. The van der Waals surface area contributed by atoms with Gasteiger partial charge < -0.3 is 10.6 Å². The molecule has 1 aliphatic carbocycles. The number of piperidine rings is 1. The normalized spacial score (nSPS) is 20.1. The third kappa shape index (κ3) is 2.47. The number of hydrogen-bond acceptors (Lipinski definition) is 4. The summed E-state index contributed by atoms with van der Waals surface area (Å²) in [6.07, 6.45) is 5.17. The molecule has 0 unspecified atom stereocenters. The monoisotopic (exact) mass is 437 g/mol. The van der Waals surface area contributed by atoms with E-state index in [9.17, 15) is 4.79 Å². The number of carbonyl (C=O) groups is 1. The van der Waals surface area contributed by atoms with Crippen LogP contribution in [0.15, 0.2) is 42.9 Å². The molecule has 1 amide bonds. The van der Waals surface area contributed by atoms with Crippen LogP contribution < -0.4 is 5.73 Å². The van der Waals surface area contributed by atoms with E-state index in [4.69, 9.17) is 28.9 Å². The Labute approximate surface area is 182 Å². The van der Waals surface area contributed by atoms with Crippen molar-refractivity contribution in [2.24, 2.45) is 0 Å². The van der Waals surface area contributed by atoms with Gasteiger partial charge in [-0.3, -0.25) is 9.20 Å². The summed E-state index contributed by atoms with van der Waals surface area (Å²) in [4.78, 5) is 24.1. The van der Waals surface area contributed by atoms with Crippen LogP contribution in [0, 0.1) is 0 Å². The number of nitrogens with zero attached hydrogens (tertiary/aromatic N) is 4. The highest BCUT2D eigenvalue weighted by atomic mass is 35.5. The Balaban J connectivity index is 1.46. The molecule has 3 heterocycles. The fraction of sp³-hybridized carbons (Fsp3) is 0.227. The van der Waals surface area contributed by atoms with Gasteiger partial charge >= 0.3 is 0 Å². The van der Waals surface area contributed by atoms with Crippen LogP contribution in [0.2, 0.25) is 10.0 Å². The number of anilines is 1. The standard InChI is InChI=1S/C22H17Cl2N5O/c23-12-1-2-13-14(6-12)11-3-4-28(18(13)5-11)22(30)15-7-19-17(8-16(15)24)27-21(25)20-9-26-10-29(19)20/h1-2,6-11,18H,3-5H2,(H2,25,27)/t11-,18+/m0/s1. The number of rotatable bonds is 1. The molecular formula is C22H17Cl2N5O. The van der Waals surface area contributed by atoms with E-state index in [0.717, 1.165) is 23.4 Å². The molecule has 150 valence electrons. The summed E-state index contributed by atoms with van der Waals surface area (Å²) in [6.45, 7) is 0.690. The summed E-state index contributed by atoms with van der Waals surface area (Å²) in [5.41, 5.74) is 11.0. The van der Waals surface area contributed by atoms with Crippen LogP contribution in [0.4, 0.5) is 5.82 Å². The maximum Gasteiger partial charge on any atom is 0.255 e. The minimum atomic E-state index is -0.0711. The number of nitrogens with two attached hydrogens (primary N) is 1. The Morgan fingerprint density at radius 3 is 2.87 bits per heavy atom. The van der Waals surface area contributed by atoms with Crippen LogP contribution in [0.5, 0.6) is 0 Å². The van der Waals surface area contributed by atoms with E-state index in [1.807, 2.05) is 21.4 Å². The highest BCUT2D eigenvalue weighted by Gasteiger charge is 2.41. The van der Waals surface area contributed by atoms with Crippen LogP contribution in [0.1, 0.15) is 46.3 Å². The number of imidazole rings is 1. The Hall–Kier alpha value is -2.83. The first-order valence-electron chi connectivity index (χ1n) is 9.82. The Morgan fingerprint density at radius 2 is 2.00 bits per heavy atom. The molecule has 1 saturated heterocycles. The molecular weight excluding hydrogens is 421 g/mol. The number of benzene rings is 2. The van der Waals surface area contributed by atoms with E-state index in [1.54, 1.807) is 24.7 Å². The minimum Gasteiger partial charge on any atom is -0.382 e. The van der Waals surface area contributed by atoms with Crippen molar-refractivity contribution in [3.05, 3.63) is 69.6 Å². The molecule has 6 nitrogen and oxygen atoms in total. The van der Waals surface area contributed by atoms with Crippen LogP contribution in [0.25, 0.3) is 16.6 Å². The predicted molar refractivity (Wildman–Crippen MR) is 117 cm³/mol. The number of hydrogen-bond donors (Lipinski definition) is 1. The van der Waals surface area contributed by atoms with Gasteiger partial charge in [0, 0.05) is 11.6 Å². The molecule has 0 radical (unpaired) electrons. The van der Waals surface area contributed by atoms with Gasteiger partial charge in [-0.25, -0.2) is 9.97 Å². The molecule has 4 aromatic rings. The number of nitrogen functional groups attached to an aromatic ring is 1. The third-order valence-corrected chi connectivity index (χ3v) is 6.95. The average Bonchev–Trinajstić information content (AvgIpc) is 3.32. The molecule has 1 fully saturated rings. The Morgan fingerprint density at radius 1 is 1.13 bits per heavy atom. The second kappa shape index (κ2) is 6.33. The Bertz CT molecular complexity index is 1360. The molecule has 1 aliphatic heterocycles. The second-order valence-electron chi connectivity index (χ2n) is 7.98. The number of aromatic nitrogens is 3. The smallest absolute Gasteiger partial charge is 0.255 e. The summed E-state index contributed by atoms with van der Waals surface area (Å²) >= 11 is 12.8. The molecule has 2 aliphatic rings. The van der Waals surface area contributed by atoms with Gasteiger partial charge in [0.05, 0.1) is 40.2 Å². The fourth-order valence-corrected chi connectivity index (χ4v) is 5.42. The van der Waals surface area contributed by atoms with Crippen LogP contribution in [-0.2, 0) is 0 Å². The summed E-state index contributed by atoms with van der Waals surface area (Å²) in [5.74, 6) is 0.759. The minimum absolute atomic E-state index is 0.0492. The number of halogens is 2. The van der Waals surface area contributed by atoms with Gasteiger partial charge in [0.2, 0.25) is 0 Å². The van der Waals surface area contributed by atoms with Crippen molar-refractivity contribution in [2.75, 3.05) is 12.3 Å². The molecule has 2 bridgehead atoms. The third-order valence-electron chi connectivity index (χ3n) is 6.41. The van der Waals surface area contributed by atoms with Gasteiger partial charge in [-0.05, 0) is 54.2 Å². The number of carbonyl (C=O) groups excluding carboxylic acids is 1. The first kappa shape index (κ1) is 18.0. The van der Waals surface area contributed by atoms with E-state index >= 15 is 0 Å². The summed E-state index contributed by atoms with van der Waals surface area (Å²) in [7, 11) is 0. The van der Waals surface area contributed by atoms with Crippen molar-refractivity contribution in [3.63, 3.8) is 0 Å². The zero-order valence-electron chi connectivity index (χ0n) is 15.8. The Kier molecular flexibility index (Phi) is 3.80. The topological polar surface area (TPSA) is 76.5 Å². The van der Waals surface area contributed by atoms with Gasteiger partial charge in [-0.15, -0.1) is 0 Å². The molecule has 6 rings (SSSR count). The second-order valence-corrected chi connectivity index (χ2v) is 8.82. The van der Waals surface area contributed by atoms with E-state index in [1.165, 1.54) is 11.1 Å². The molecule has 0 saturated carbocycles. The summed E-state index contributed by atoms with van der Waals surface area (Å²) in [6, 6.07) is 9.55. The highest BCUT2D eigenvalue weighted by Crippen LogP contribution is 2.50. The zero-order valence-corrected chi connectivity index (χ0v) is 17.4. The zero-order chi connectivity index (χ0) is 20.6. The average molecular weight is 438 g/mol. The van der Waals surface area contributed by atoms with Gasteiger partial charge in [0.15, 0.2) is 0 Å². The fourth-order valence-electron chi connectivity index (χ4n) is 5.00. The van der Waals surface area contributed by atoms with Crippen molar-refractivity contribution < 1.29 is 4.79 Å². The van der Waals surface area contributed by atoms with Crippen molar-refractivity contribution in [1.29, 1.82) is 0 Å².